The van der Waals surface area contributed by atoms with E-state index in [4.69, 9.17) is 17.3 Å². The molecule has 0 aliphatic heterocycles. The van der Waals surface area contributed by atoms with Crippen molar-refractivity contribution in [2.75, 3.05) is 0 Å². The van der Waals surface area contributed by atoms with Crippen LogP contribution in [0.25, 0.3) is 0 Å². The third-order valence-corrected chi connectivity index (χ3v) is 5.03. The van der Waals surface area contributed by atoms with Gasteiger partial charge in [0.05, 0.1) is 4.90 Å². The molecule has 0 spiro atoms. The van der Waals surface area contributed by atoms with Crippen LogP contribution >= 0.6 is 11.6 Å². The fourth-order valence-electron chi connectivity index (χ4n) is 1.93. The van der Waals surface area contributed by atoms with Gasteiger partial charge < -0.3 is 5.73 Å². The van der Waals surface area contributed by atoms with E-state index < -0.39 is 10.0 Å². The van der Waals surface area contributed by atoms with Gasteiger partial charge >= 0.3 is 0 Å². The topological polar surface area (TPSA) is 72.2 Å². The first-order valence-electron chi connectivity index (χ1n) is 6.46. The Balaban J connectivity index is 2.21. The first-order valence-corrected chi connectivity index (χ1v) is 8.33. The predicted octanol–water partition coefficient (Wildman–Crippen LogP) is 2.59. The summed E-state index contributed by atoms with van der Waals surface area (Å²) in [5.74, 6) is 0. The van der Waals surface area contributed by atoms with Crippen LogP contribution in [0.15, 0.2) is 47.4 Å². The van der Waals surface area contributed by atoms with Crippen molar-refractivity contribution < 1.29 is 8.42 Å². The van der Waals surface area contributed by atoms with Crippen LogP contribution in [-0.2, 0) is 23.1 Å². The van der Waals surface area contributed by atoms with E-state index in [9.17, 15) is 8.42 Å². The molecule has 0 aliphatic rings. The lowest BCUT2D eigenvalue weighted by Crippen LogP contribution is -2.23. The highest BCUT2D eigenvalue weighted by Gasteiger charge is 2.15. The number of benzene rings is 2. The molecule has 0 heterocycles. The van der Waals surface area contributed by atoms with E-state index in [0.29, 0.717) is 11.6 Å². The number of hydrogen-bond donors (Lipinski definition) is 2. The number of nitrogens with two attached hydrogens (primary N) is 1. The van der Waals surface area contributed by atoms with Gasteiger partial charge in [-0.2, -0.15) is 0 Å². The zero-order valence-electron chi connectivity index (χ0n) is 11.6. The maximum Gasteiger partial charge on any atom is 0.240 e. The smallest absolute Gasteiger partial charge is 0.240 e. The quantitative estimate of drug-likeness (QED) is 0.888. The molecule has 4 nitrogen and oxygen atoms in total. The lowest BCUT2D eigenvalue weighted by Gasteiger charge is -2.10. The van der Waals surface area contributed by atoms with Crippen molar-refractivity contribution >= 4 is 21.6 Å². The molecule has 0 saturated carbocycles. The van der Waals surface area contributed by atoms with Gasteiger partial charge in [-0.25, -0.2) is 13.1 Å². The monoisotopic (exact) mass is 324 g/mol. The van der Waals surface area contributed by atoms with Crippen LogP contribution < -0.4 is 10.5 Å². The van der Waals surface area contributed by atoms with E-state index in [0.717, 1.165) is 16.7 Å². The summed E-state index contributed by atoms with van der Waals surface area (Å²) in [4.78, 5) is 0.209. The molecule has 0 unspecified atom stereocenters. The Morgan fingerprint density at radius 1 is 1.14 bits per heavy atom. The van der Waals surface area contributed by atoms with Crippen molar-refractivity contribution in [2.45, 2.75) is 24.9 Å². The average molecular weight is 325 g/mol. The number of hydrogen-bond acceptors (Lipinski definition) is 3. The summed E-state index contributed by atoms with van der Waals surface area (Å²) in [6.45, 7) is 2.35. The minimum atomic E-state index is -3.59. The molecule has 0 bridgehead atoms. The maximum atomic E-state index is 12.3. The van der Waals surface area contributed by atoms with Gasteiger partial charge in [0.25, 0.3) is 0 Å². The van der Waals surface area contributed by atoms with Crippen molar-refractivity contribution in [3.05, 3.63) is 64.2 Å². The Kier molecular flexibility index (Phi) is 5.00. The molecular formula is C15H17ClN2O2S. The Morgan fingerprint density at radius 2 is 1.86 bits per heavy atom. The Labute approximate surface area is 130 Å². The van der Waals surface area contributed by atoms with E-state index in [2.05, 4.69) is 4.72 Å². The minimum Gasteiger partial charge on any atom is -0.326 e. The highest BCUT2D eigenvalue weighted by atomic mass is 35.5. The first-order chi connectivity index (χ1) is 9.94. The molecular weight excluding hydrogens is 308 g/mol. The summed E-state index contributed by atoms with van der Waals surface area (Å²) in [5.41, 5.74) is 8.14. The van der Waals surface area contributed by atoms with Crippen LogP contribution in [0.1, 0.15) is 16.7 Å². The summed E-state index contributed by atoms with van der Waals surface area (Å²) in [6.07, 6.45) is 0. The molecule has 0 fully saturated rings. The highest BCUT2D eigenvalue weighted by molar-refractivity contribution is 7.89. The van der Waals surface area contributed by atoms with Gasteiger partial charge in [-0.1, -0.05) is 35.9 Å². The summed E-state index contributed by atoms with van der Waals surface area (Å²) >= 11 is 6.02. The molecule has 0 saturated heterocycles. The third-order valence-electron chi connectivity index (χ3n) is 3.26. The fraction of sp³-hybridized carbons (Fsp3) is 0.200. The molecule has 0 radical (unpaired) electrons. The molecule has 6 heteroatoms. The fourth-order valence-corrected chi connectivity index (χ4v) is 3.19. The van der Waals surface area contributed by atoms with Crippen molar-refractivity contribution in [3.63, 3.8) is 0 Å². The average Bonchev–Trinajstić information content (AvgIpc) is 2.46. The lowest BCUT2D eigenvalue weighted by molar-refractivity contribution is 0.581. The van der Waals surface area contributed by atoms with Crippen LogP contribution in [0.5, 0.6) is 0 Å². The van der Waals surface area contributed by atoms with Gasteiger partial charge in [0, 0.05) is 18.1 Å². The summed E-state index contributed by atoms with van der Waals surface area (Å²) in [7, 11) is -3.59. The Bertz CT molecular complexity index is 745. The van der Waals surface area contributed by atoms with Crippen molar-refractivity contribution in [1.29, 1.82) is 0 Å². The van der Waals surface area contributed by atoms with E-state index in [1.54, 1.807) is 36.4 Å². The predicted molar refractivity (Wildman–Crippen MR) is 84.5 cm³/mol. The van der Waals surface area contributed by atoms with E-state index in [-0.39, 0.29) is 11.4 Å². The molecule has 112 valence electrons. The number of sulfonamides is 1. The zero-order valence-corrected chi connectivity index (χ0v) is 13.2. The summed E-state index contributed by atoms with van der Waals surface area (Å²) in [5, 5.41) is 0.534. The maximum absolute atomic E-state index is 12.3. The Hall–Kier alpha value is -1.40. The van der Waals surface area contributed by atoms with Gasteiger partial charge in [-0.05, 0) is 41.8 Å². The molecule has 0 amide bonds. The Morgan fingerprint density at radius 3 is 2.52 bits per heavy atom. The second kappa shape index (κ2) is 6.58. The van der Waals surface area contributed by atoms with Crippen molar-refractivity contribution in [2.24, 2.45) is 5.73 Å². The van der Waals surface area contributed by atoms with E-state index in [1.807, 2.05) is 13.0 Å². The first kappa shape index (κ1) is 16.0. The molecule has 3 N–H and O–H groups in total. The van der Waals surface area contributed by atoms with Gasteiger partial charge in [0.1, 0.15) is 0 Å². The third kappa shape index (κ3) is 3.83. The summed E-state index contributed by atoms with van der Waals surface area (Å²) in [6, 6.07) is 12.1. The molecule has 21 heavy (non-hydrogen) atoms. The van der Waals surface area contributed by atoms with Crippen molar-refractivity contribution in [1.82, 2.24) is 4.72 Å². The van der Waals surface area contributed by atoms with E-state index in [1.165, 1.54) is 0 Å². The van der Waals surface area contributed by atoms with Crippen LogP contribution in [0.4, 0.5) is 0 Å². The standard InChI is InChI=1S/C15H17ClN2O2S/c1-11-6-7-14(8-13(11)9-17)21(19,20)18-10-12-4-2-3-5-15(12)16/h2-8,18H,9-10,17H2,1H3. The number of rotatable bonds is 5. The second-order valence-electron chi connectivity index (χ2n) is 4.71. The molecule has 2 rings (SSSR count). The van der Waals surface area contributed by atoms with Crippen LogP contribution in [0, 0.1) is 6.92 Å². The normalized spacial score (nSPS) is 11.6. The van der Waals surface area contributed by atoms with Crippen LogP contribution in [0.3, 0.4) is 0 Å². The molecule has 2 aromatic rings. The number of halogens is 1. The van der Waals surface area contributed by atoms with Crippen LogP contribution in [-0.4, -0.2) is 8.42 Å². The number of aryl methyl sites for hydroxylation is 1. The molecule has 0 aromatic heterocycles. The highest BCUT2D eigenvalue weighted by Crippen LogP contribution is 2.18. The second-order valence-corrected chi connectivity index (χ2v) is 6.88. The van der Waals surface area contributed by atoms with Gasteiger partial charge in [0.15, 0.2) is 0 Å². The zero-order chi connectivity index (χ0) is 15.5. The molecule has 0 atom stereocenters. The molecule has 0 aliphatic carbocycles. The van der Waals surface area contributed by atoms with Gasteiger partial charge in [-0.15, -0.1) is 0 Å². The van der Waals surface area contributed by atoms with Crippen molar-refractivity contribution in [3.8, 4) is 0 Å². The van der Waals surface area contributed by atoms with Gasteiger partial charge in [0.2, 0.25) is 10.0 Å². The summed E-state index contributed by atoms with van der Waals surface area (Å²) < 4.78 is 27.2. The van der Waals surface area contributed by atoms with Crippen LogP contribution in [0.2, 0.25) is 5.02 Å². The lowest BCUT2D eigenvalue weighted by atomic mass is 10.1. The SMILES string of the molecule is Cc1ccc(S(=O)(=O)NCc2ccccc2Cl)cc1CN. The number of nitrogens with one attached hydrogen (secondary N) is 1. The largest absolute Gasteiger partial charge is 0.326 e. The van der Waals surface area contributed by atoms with Gasteiger partial charge in [-0.3, -0.25) is 0 Å². The van der Waals surface area contributed by atoms with E-state index >= 15 is 0 Å². The minimum absolute atomic E-state index is 0.147. The molecule has 2 aromatic carbocycles.